The molecule has 0 aliphatic carbocycles. The summed E-state index contributed by atoms with van der Waals surface area (Å²) in [5, 5.41) is 3.59. The van der Waals surface area contributed by atoms with Crippen molar-refractivity contribution in [1.82, 2.24) is 14.9 Å². The average molecular weight is 500 g/mol. The molecule has 36 heavy (non-hydrogen) atoms. The van der Waals surface area contributed by atoms with E-state index in [1.807, 2.05) is 0 Å². The molecule has 2 aromatic carbocycles. The van der Waals surface area contributed by atoms with Gasteiger partial charge in [0.2, 0.25) is 11.7 Å². The standard InChI is InChI=1S/C23H16F4N6O3/c24-16-8-6-14(7-9-16)18(15-10-29-21(30-11-15)23(25,26)27)19(31-32-28)20(34)33-17(12-36-22(33)35)13-4-2-1-3-5-13/h1-11,17-19H,12H2/t17-,18?,19?/m0/s1. The van der Waals surface area contributed by atoms with Gasteiger partial charge in [-0.25, -0.2) is 24.1 Å². The molecular weight excluding hydrogens is 484 g/mol. The summed E-state index contributed by atoms with van der Waals surface area (Å²) < 4.78 is 57.7. The molecule has 0 radical (unpaired) electrons. The van der Waals surface area contributed by atoms with Gasteiger partial charge < -0.3 is 4.74 Å². The molecule has 4 rings (SSSR count). The predicted molar refractivity (Wildman–Crippen MR) is 116 cm³/mol. The SMILES string of the molecule is [N-]=[N+]=NC(C(=O)N1C(=O)OC[C@H]1c1ccccc1)C(c1ccc(F)cc1)c1cnc(C(F)(F)F)nc1. The molecule has 1 aromatic heterocycles. The Hall–Kier alpha value is -4.51. The van der Waals surface area contributed by atoms with E-state index in [1.165, 1.54) is 12.1 Å². The molecule has 2 unspecified atom stereocenters. The number of carbonyl (C=O) groups excluding carboxylic acids is 2. The normalized spacial score (nSPS) is 17.2. The lowest BCUT2D eigenvalue weighted by atomic mass is 9.85. The van der Waals surface area contributed by atoms with Crippen molar-refractivity contribution in [3.63, 3.8) is 0 Å². The number of azide groups is 1. The van der Waals surface area contributed by atoms with E-state index in [0.717, 1.165) is 29.4 Å². The average Bonchev–Trinajstić information content (AvgIpc) is 3.26. The summed E-state index contributed by atoms with van der Waals surface area (Å²) in [6.07, 6.45) is -4.11. The van der Waals surface area contributed by atoms with Crippen LogP contribution in [0.3, 0.4) is 0 Å². The molecule has 0 N–H and O–H groups in total. The van der Waals surface area contributed by atoms with Crippen molar-refractivity contribution < 1.29 is 31.9 Å². The minimum Gasteiger partial charge on any atom is -0.446 e. The minimum atomic E-state index is -4.81. The number of halogens is 4. The number of nitrogens with zero attached hydrogens (tertiary/aromatic N) is 6. The molecule has 184 valence electrons. The maximum Gasteiger partial charge on any atom is 0.451 e. The number of benzene rings is 2. The summed E-state index contributed by atoms with van der Waals surface area (Å²) in [7, 11) is 0. The molecule has 1 fully saturated rings. The molecule has 0 spiro atoms. The summed E-state index contributed by atoms with van der Waals surface area (Å²) in [5.41, 5.74) is 10.0. The van der Waals surface area contributed by atoms with Crippen molar-refractivity contribution in [2.75, 3.05) is 6.61 Å². The van der Waals surface area contributed by atoms with Gasteiger partial charge in [-0.15, -0.1) is 0 Å². The monoisotopic (exact) mass is 500 g/mol. The zero-order chi connectivity index (χ0) is 25.9. The van der Waals surface area contributed by atoms with Crippen LogP contribution in [-0.2, 0) is 15.7 Å². The van der Waals surface area contributed by atoms with Gasteiger partial charge in [0, 0.05) is 23.2 Å². The molecule has 13 heteroatoms. The fourth-order valence-electron chi connectivity index (χ4n) is 3.91. The maximum atomic E-state index is 13.7. The van der Waals surface area contributed by atoms with Gasteiger partial charge in [-0.3, -0.25) is 4.79 Å². The van der Waals surface area contributed by atoms with Crippen LogP contribution in [0.15, 0.2) is 72.1 Å². The molecule has 1 saturated heterocycles. The number of alkyl halides is 3. The molecule has 1 aliphatic heterocycles. The van der Waals surface area contributed by atoms with Crippen LogP contribution in [0.1, 0.15) is 34.5 Å². The number of hydrogen-bond acceptors (Lipinski definition) is 6. The van der Waals surface area contributed by atoms with Gasteiger partial charge in [-0.1, -0.05) is 47.6 Å². The molecule has 9 nitrogen and oxygen atoms in total. The second-order valence-electron chi connectivity index (χ2n) is 7.73. The second kappa shape index (κ2) is 10.0. The lowest BCUT2D eigenvalue weighted by molar-refractivity contribution is -0.145. The van der Waals surface area contributed by atoms with Gasteiger partial charge >= 0.3 is 12.3 Å². The fourth-order valence-corrected chi connectivity index (χ4v) is 3.91. The summed E-state index contributed by atoms with van der Waals surface area (Å²) >= 11 is 0. The predicted octanol–water partition coefficient (Wildman–Crippen LogP) is 5.17. The first-order valence-corrected chi connectivity index (χ1v) is 10.4. The Morgan fingerprint density at radius 3 is 2.31 bits per heavy atom. The van der Waals surface area contributed by atoms with Gasteiger partial charge in [0.15, 0.2) is 0 Å². The number of aromatic nitrogens is 2. The van der Waals surface area contributed by atoms with Crippen molar-refractivity contribution in [3.05, 3.63) is 106 Å². The van der Waals surface area contributed by atoms with E-state index in [0.29, 0.717) is 5.56 Å². The molecule has 0 bridgehead atoms. The number of rotatable bonds is 6. The van der Waals surface area contributed by atoms with Gasteiger partial charge in [-0.2, -0.15) is 13.2 Å². The lowest BCUT2D eigenvalue weighted by Gasteiger charge is -2.28. The number of amides is 2. The van der Waals surface area contributed by atoms with E-state index >= 15 is 0 Å². The summed E-state index contributed by atoms with van der Waals surface area (Å²) in [6.45, 7) is -0.151. The Morgan fingerprint density at radius 2 is 1.72 bits per heavy atom. The van der Waals surface area contributed by atoms with Crippen LogP contribution < -0.4 is 0 Å². The van der Waals surface area contributed by atoms with Crippen LogP contribution in [0.5, 0.6) is 0 Å². The van der Waals surface area contributed by atoms with Gasteiger partial charge in [-0.05, 0) is 34.4 Å². The Balaban J connectivity index is 1.80. The number of ether oxygens (including phenoxy) is 1. The fraction of sp³-hybridized carbons (Fsp3) is 0.217. The van der Waals surface area contributed by atoms with E-state index in [2.05, 4.69) is 20.0 Å². The van der Waals surface area contributed by atoms with E-state index in [4.69, 9.17) is 4.74 Å². The zero-order valence-corrected chi connectivity index (χ0v) is 18.2. The van der Waals surface area contributed by atoms with Crippen LogP contribution >= 0.6 is 0 Å². The van der Waals surface area contributed by atoms with Gasteiger partial charge in [0.05, 0.1) is 0 Å². The highest BCUT2D eigenvalue weighted by Gasteiger charge is 2.44. The lowest BCUT2D eigenvalue weighted by Crippen LogP contribution is -2.43. The van der Waals surface area contributed by atoms with Crippen LogP contribution in [0, 0.1) is 5.82 Å². The van der Waals surface area contributed by atoms with Crippen LogP contribution in [0.25, 0.3) is 10.4 Å². The van der Waals surface area contributed by atoms with E-state index < -0.39 is 47.8 Å². The van der Waals surface area contributed by atoms with Crippen molar-refractivity contribution in [3.8, 4) is 0 Å². The molecule has 0 saturated carbocycles. The Labute approximate surface area is 201 Å². The first-order valence-electron chi connectivity index (χ1n) is 10.4. The zero-order valence-electron chi connectivity index (χ0n) is 18.2. The molecule has 3 atom stereocenters. The van der Waals surface area contributed by atoms with Crippen molar-refractivity contribution in [2.45, 2.75) is 24.2 Å². The number of imide groups is 1. The third-order valence-electron chi connectivity index (χ3n) is 5.55. The third kappa shape index (κ3) is 4.96. The largest absolute Gasteiger partial charge is 0.451 e. The van der Waals surface area contributed by atoms with Crippen LogP contribution in [0.4, 0.5) is 22.4 Å². The van der Waals surface area contributed by atoms with Crippen LogP contribution in [-0.4, -0.2) is 39.5 Å². The maximum absolute atomic E-state index is 13.7. The Morgan fingerprint density at radius 1 is 1.08 bits per heavy atom. The smallest absolute Gasteiger partial charge is 0.446 e. The van der Waals surface area contributed by atoms with Crippen molar-refractivity contribution in [2.24, 2.45) is 5.11 Å². The summed E-state index contributed by atoms with van der Waals surface area (Å²) in [5.74, 6) is -4.23. The molecular formula is C23H16F4N6O3. The topological polar surface area (TPSA) is 121 Å². The Bertz CT molecular complexity index is 1300. The van der Waals surface area contributed by atoms with E-state index in [1.54, 1.807) is 30.3 Å². The van der Waals surface area contributed by atoms with Gasteiger partial charge in [0.1, 0.15) is 24.5 Å². The quantitative estimate of drug-likeness (QED) is 0.200. The van der Waals surface area contributed by atoms with Crippen LogP contribution in [0.2, 0.25) is 0 Å². The van der Waals surface area contributed by atoms with Crippen molar-refractivity contribution in [1.29, 1.82) is 0 Å². The number of cyclic esters (lactones) is 1. The molecule has 2 heterocycles. The Kier molecular flexibility index (Phi) is 6.84. The van der Waals surface area contributed by atoms with E-state index in [-0.39, 0.29) is 17.7 Å². The number of hydrogen-bond donors (Lipinski definition) is 0. The highest BCUT2D eigenvalue weighted by Crippen LogP contribution is 2.36. The first kappa shape index (κ1) is 24.6. The molecule has 1 aliphatic rings. The molecule has 3 aromatic rings. The minimum absolute atomic E-state index is 0.0239. The first-order chi connectivity index (χ1) is 17.2. The van der Waals surface area contributed by atoms with E-state index in [9.17, 15) is 32.7 Å². The van der Waals surface area contributed by atoms with Gasteiger partial charge in [0.25, 0.3) is 0 Å². The third-order valence-corrected chi connectivity index (χ3v) is 5.55. The number of carbonyl (C=O) groups is 2. The highest BCUT2D eigenvalue weighted by molar-refractivity contribution is 5.97. The summed E-state index contributed by atoms with van der Waals surface area (Å²) in [6, 6.07) is 10.7. The highest BCUT2D eigenvalue weighted by atomic mass is 19.4. The van der Waals surface area contributed by atoms with Crippen molar-refractivity contribution >= 4 is 12.0 Å². The second-order valence-corrected chi connectivity index (χ2v) is 7.73. The molecule has 2 amide bonds. The summed E-state index contributed by atoms with van der Waals surface area (Å²) in [4.78, 5) is 36.4.